The fourth-order valence-electron chi connectivity index (χ4n) is 1.50. The molecule has 1 amide bonds. The van der Waals surface area contributed by atoms with Gasteiger partial charge in [0.1, 0.15) is 5.82 Å². The molecule has 0 saturated heterocycles. The lowest BCUT2D eigenvalue weighted by atomic mass is 10.2. The number of aromatic amines is 1. The van der Waals surface area contributed by atoms with Crippen molar-refractivity contribution < 1.29 is 9.18 Å². The molecule has 1 heterocycles. The van der Waals surface area contributed by atoms with E-state index in [1.54, 1.807) is 12.3 Å². The molecular formula is C12H11BrFN3O. The van der Waals surface area contributed by atoms with Gasteiger partial charge in [0.2, 0.25) is 0 Å². The lowest BCUT2D eigenvalue weighted by molar-refractivity contribution is 0.0947. The Morgan fingerprint density at radius 2 is 2.33 bits per heavy atom. The van der Waals surface area contributed by atoms with Gasteiger partial charge >= 0.3 is 0 Å². The summed E-state index contributed by atoms with van der Waals surface area (Å²) in [7, 11) is 0. The Kier molecular flexibility index (Phi) is 3.76. The highest BCUT2D eigenvalue weighted by Gasteiger charge is 2.12. The van der Waals surface area contributed by atoms with E-state index in [4.69, 9.17) is 0 Å². The maximum atomic E-state index is 13.5. The minimum absolute atomic E-state index is 0.0272. The molecule has 0 radical (unpaired) electrons. The Morgan fingerprint density at radius 1 is 1.56 bits per heavy atom. The quantitative estimate of drug-likeness (QED) is 0.915. The summed E-state index contributed by atoms with van der Waals surface area (Å²) in [5.74, 6) is -0.994. The number of halogens is 2. The first-order valence-corrected chi connectivity index (χ1v) is 6.09. The van der Waals surface area contributed by atoms with Crippen molar-refractivity contribution in [2.75, 3.05) is 0 Å². The van der Waals surface area contributed by atoms with Gasteiger partial charge in [0.15, 0.2) is 0 Å². The van der Waals surface area contributed by atoms with Crippen LogP contribution in [-0.4, -0.2) is 16.1 Å². The first-order chi connectivity index (χ1) is 8.58. The topological polar surface area (TPSA) is 57.8 Å². The van der Waals surface area contributed by atoms with Crippen molar-refractivity contribution in [1.29, 1.82) is 0 Å². The zero-order valence-electron chi connectivity index (χ0n) is 9.63. The normalized spacial score (nSPS) is 10.4. The Balaban J connectivity index is 2.06. The summed E-state index contributed by atoms with van der Waals surface area (Å²) in [4.78, 5) is 11.8. The lowest BCUT2D eigenvalue weighted by Crippen LogP contribution is -2.23. The van der Waals surface area contributed by atoms with Crippen LogP contribution in [0.2, 0.25) is 0 Å². The molecule has 0 aliphatic carbocycles. The molecular weight excluding hydrogens is 301 g/mol. The number of nitrogens with one attached hydrogen (secondary N) is 2. The van der Waals surface area contributed by atoms with Crippen molar-refractivity contribution >= 4 is 21.8 Å². The number of hydrogen-bond acceptors (Lipinski definition) is 2. The molecule has 0 aliphatic heterocycles. The van der Waals surface area contributed by atoms with Gasteiger partial charge in [0.05, 0.1) is 11.8 Å². The van der Waals surface area contributed by atoms with E-state index in [2.05, 4.69) is 31.4 Å². The largest absolute Gasteiger partial charge is 0.348 e. The second-order valence-electron chi connectivity index (χ2n) is 3.83. The van der Waals surface area contributed by atoms with E-state index in [0.717, 1.165) is 11.3 Å². The first kappa shape index (κ1) is 12.8. The molecule has 4 nitrogen and oxygen atoms in total. The van der Waals surface area contributed by atoms with Crippen molar-refractivity contribution in [2.24, 2.45) is 0 Å². The number of rotatable bonds is 3. The minimum atomic E-state index is -0.550. The van der Waals surface area contributed by atoms with E-state index in [1.807, 2.05) is 6.92 Å². The van der Waals surface area contributed by atoms with Gasteiger partial charge in [-0.3, -0.25) is 9.89 Å². The zero-order valence-corrected chi connectivity index (χ0v) is 11.2. The molecule has 2 aromatic rings. The summed E-state index contributed by atoms with van der Waals surface area (Å²) in [6.07, 6.45) is 1.63. The summed E-state index contributed by atoms with van der Waals surface area (Å²) in [6.45, 7) is 2.17. The Labute approximate surface area is 112 Å². The molecule has 0 aliphatic rings. The van der Waals surface area contributed by atoms with Crippen LogP contribution < -0.4 is 5.32 Å². The third kappa shape index (κ3) is 2.76. The molecule has 2 N–H and O–H groups in total. The molecule has 6 heteroatoms. The summed E-state index contributed by atoms with van der Waals surface area (Å²) in [6, 6.07) is 4.33. The van der Waals surface area contributed by atoms with Crippen LogP contribution in [-0.2, 0) is 6.54 Å². The zero-order chi connectivity index (χ0) is 13.1. The number of benzene rings is 1. The molecule has 2 rings (SSSR count). The van der Waals surface area contributed by atoms with Crippen LogP contribution in [0.4, 0.5) is 4.39 Å². The molecule has 18 heavy (non-hydrogen) atoms. The highest BCUT2D eigenvalue weighted by molar-refractivity contribution is 9.10. The van der Waals surface area contributed by atoms with E-state index >= 15 is 0 Å². The van der Waals surface area contributed by atoms with Crippen LogP contribution in [0.3, 0.4) is 0 Å². The van der Waals surface area contributed by atoms with Gasteiger partial charge < -0.3 is 5.32 Å². The Bertz CT molecular complexity index is 582. The average molecular weight is 312 g/mol. The molecule has 0 bridgehead atoms. The van der Waals surface area contributed by atoms with E-state index in [1.165, 1.54) is 12.1 Å². The molecule has 94 valence electrons. The summed E-state index contributed by atoms with van der Waals surface area (Å²) in [5.41, 5.74) is 1.78. The smallest absolute Gasteiger partial charge is 0.254 e. The van der Waals surface area contributed by atoms with Crippen molar-refractivity contribution in [2.45, 2.75) is 13.5 Å². The molecule has 0 fully saturated rings. The number of carbonyl (C=O) groups is 1. The van der Waals surface area contributed by atoms with Gasteiger partial charge in [-0.15, -0.1) is 0 Å². The minimum Gasteiger partial charge on any atom is -0.348 e. The predicted molar refractivity (Wildman–Crippen MR) is 68.6 cm³/mol. The number of hydrogen-bond donors (Lipinski definition) is 2. The number of nitrogens with zero attached hydrogens (tertiary/aromatic N) is 1. The number of carbonyl (C=O) groups excluding carboxylic acids is 1. The van der Waals surface area contributed by atoms with Gasteiger partial charge in [-0.25, -0.2) is 4.39 Å². The fourth-order valence-corrected chi connectivity index (χ4v) is 1.83. The molecule has 0 atom stereocenters. The number of H-pyrrole nitrogens is 1. The van der Waals surface area contributed by atoms with E-state index < -0.39 is 11.7 Å². The lowest BCUT2D eigenvalue weighted by Gasteiger charge is -2.05. The molecule has 1 aromatic carbocycles. The van der Waals surface area contributed by atoms with Crippen molar-refractivity contribution in [3.63, 3.8) is 0 Å². The first-order valence-electron chi connectivity index (χ1n) is 5.30. The summed E-state index contributed by atoms with van der Waals surface area (Å²) >= 11 is 3.14. The van der Waals surface area contributed by atoms with Crippen LogP contribution in [0.15, 0.2) is 28.9 Å². The number of aromatic nitrogens is 2. The Morgan fingerprint density at radius 3 is 2.94 bits per heavy atom. The molecule has 1 aromatic heterocycles. The second-order valence-corrected chi connectivity index (χ2v) is 4.74. The van der Waals surface area contributed by atoms with Gasteiger partial charge in [-0.1, -0.05) is 15.9 Å². The van der Waals surface area contributed by atoms with Crippen LogP contribution in [0.25, 0.3) is 0 Å². The second kappa shape index (κ2) is 5.30. The number of amides is 1. The van der Waals surface area contributed by atoms with Crippen LogP contribution in [0.1, 0.15) is 21.6 Å². The van der Waals surface area contributed by atoms with E-state index in [-0.39, 0.29) is 5.56 Å². The third-order valence-electron chi connectivity index (χ3n) is 2.55. The van der Waals surface area contributed by atoms with Crippen molar-refractivity contribution in [3.8, 4) is 0 Å². The van der Waals surface area contributed by atoms with Crippen LogP contribution >= 0.6 is 15.9 Å². The van der Waals surface area contributed by atoms with E-state index in [9.17, 15) is 9.18 Å². The Hall–Kier alpha value is -1.69. The molecule has 0 saturated carbocycles. The van der Waals surface area contributed by atoms with Gasteiger partial charge in [0, 0.05) is 22.3 Å². The maximum Gasteiger partial charge on any atom is 0.254 e. The SMILES string of the molecule is Cc1[nH]ncc1CNC(=O)c1ccc(Br)cc1F. The maximum absolute atomic E-state index is 13.5. The highest BCUT2D eigenvalue weighted by Crippen LogP contribution is 2.15. The molecule has 0 spiro atoms. The summed E-state index contributed by atoms with van der Waals surface area (Å²) in [5, 5.41) is 9.26. The van der Waals surface area contributed by atoms with E-state index in [0.29, 0.717) is 11.0 Å². The summed E-state index contributed by atoms with van der Waals surface area (Å²) < 4.78 is 14.1. The van der Waals surface area contributed by atoms with Crippen LogP contribution in [0.5, 0.6) is 0 Å². The van der Waals surface area contributed by atoms with Gasteiger partial charge in [-0.05, 0) is 25.1 Å². The van der Waals surface area contributed by atoms with Crippen molar-refractivity contribution in [1.82, 2.24) is 15.5 Å². The fraction of sp³-hybridized carbons (Fsp3) is 0.167. The number of aryl methyl sites for hydroxylation is 1. The van der Waals surface area contributed by atoms with Crippen molar-refractivity contribution in [3.05, 3.63) is 51.5 Å². The standard InChI is InChI=1S/C12H11BrFN3O/c1-7-8(6-16-17-7)5-15-12(18)10-3-2-9(13)4-11(10)14/h2-4,6H,5H2,1H3,(H,15,18)(H,16,17). The monoisotopic (exact) mass is 311 g/mol. The van der Waals surface area contributed by atoms with Gasteiger partial charge in [-0.2, -0.15) is 5.10 Å². The highest BCUT2D eigenvalue weighted by atomic mass is 79.9. The molecule has 0 unspecified atom stereocenters. The van der Waals surface area contributed by atoms with Gasteiger partial charge in [0.25, 0.3) is 5.91 Å². The van der Waals surface area contributed by atoms with Crippen LogP contribution in [0, 0.1) is 12.7 Å². The third-order valence-corrected chi connectivity index (χ3v) is 3.04. The predicted octanol–water partition coefficient (Wildman–Crippen LogP) is 2.55. The average Bonchev–Trinajstić information content (AvgIpc) is 2.72.